The van der Waals surface area contributed by atoms with Crippen LogP contribution in [0.4, 0.5) is 24.5 Å². The van der Waals surface area contributed by atoms with Gasteiger partial charge in [-0.3, -0.25) is 9.78 Å². The number of aromatic nitrogens is 1. The van der Waals surface area contributed by atoms with Crippen LogP contribution in [0.25, 0.3) is 0 Å². The molecule has 2 fully saturated rings. The van der Waals surface area contributed by atoms with Gasteiger partial charge < -0.3 is 20.0 Å². The highest BCUT2D eigenvalue weighted by molar-refractivity contribution is 5.76. The van der Waals surface area contributed by atoms with Crippen LogP contribution in [-0.2, 0) is 17.4 Å². The van der Waals surface area contributed by atoms with Crippen molar-refractivity contribution in [2.75, 3.05) is 56.0 Å². The third-order valence-electron chi connectivity index (χ3n) is 7.21. The number of piperidine rings is 1. The molecule has 9 heteroatoms. The number of benzene rings is 1. The Bertz CT molecular complexity index is 990. The van der Waals surface area contributed by atoms with Gasteiger partial charge in [-0.1, -0.05) is 19.1 Å². The molecule has 2 saturated heterocycles. The van der Waals surface area contributed by atoms with E-state index in [4.69, 9.17) is 0 Å². The summed E-state index contributed by atoms with van der Waals surface area (Å²) >= 11 is 0. The van der Waals surface area contributed by atoms with E-state index in [0.29, 0.717) is 38.0 Å². The van der Waals surface area contributed by atoms with Crippen molar-refractivity contribution in [2.24, 2.45) is 0 Å². The molecule has 1 amide bonds. The second kappa shape index (κ2) is 12.0. The maximum Gasteiger partial charge on any atom is 0.433 e. The number of nitrogens with one attached hydrogen (secondary N) is 1. The normalized spacial score (nSPS) is 18.2. The highest BCUT2D eigenvalue weighted by Gasteiger charge is 2.32. The molecule has 36 heavy (non-hydrogen) atoms. The summed E-state index contributed by atoms with van der Waals surface area (Å²) < 4.78 is 38.7. The predicted octanol–water partition coefficient (Wildman–Crippen LogP) is 4.67. The van der Waals surface area contributed by atoms with Crippen LogP contribution in [0.1, 0.15) is 43.9 Å². The molecule has 196 valence electrons. The summed E-state index contributed by atoms with van der Waals surface area (Å²) in [5.41, 5.74) is 2.13. The minimum Gasteiger partial charge on any atom is -0.382 e. The number of amides is 1. The third-order valence-corrected chi connectivity index (χ3v) is 7.21. The average Bonchev–Trinajstić information content (AvgIpc) is 3.13. The number of halogens is 3. The van der Waals surface area contributed by atoms with Crippen LogP contribution in [-0.4, -0.2) is 72.5 Å². The first kappa shape index (κ1) is 26.3. The number of aryl methyl sites for hydroxylation is 1. The van der Waals surface area contributed by atoms with Crippen LogP contribution in [0.15, 0.2) is 42.6 Å². The average molecular weight is 504 g/mol. The van der Waals surface area contributed by atoms with Crippen molar-refractivity contribution in [1.82, 2.24) is 14.8 Å². The Morgan fingerprint density at radius 1 is 1.03 bits per heavy atom. The Balaban J connectivity index is 1.18. The predicted molar refractivity (Wildman–Crippen MR) is 136 cm³/mol. The zero-order chi connectivity index (χ0) is 25.5. The van der Waals surface area contributed by atoms with Gasteiger partial charge in [0, 0.05) is 69.3 Å². The fourth-order valence-corrected chi connectivity index (χ4v) is 4.99. The molecule has 0 radical (unpaired) electrons. The summed E-state index contributed by atoms with van der Waals surface area (Å²) in [6.45, 7) is 8.09. The van der Waals surface area contributed by atoms with Crippen LogP contribution in [0.5, 0.6) is 0 Å². The number of likely N-dealkylation sites (tertiary alicyclic amines) is 1. The molecular weight excluding hydrogens is 467 g/mol. The van der Waals surface area contributed by atoms with Crippen molar-refractivity contribution in [3.63, 3.8) is 0 Å². The molecule has 1 aromatic heterocycles. The molecule has 4 rings (SSSR count). The second-order valence-electron chi connectivity index (χ2n) is 9.68. The summed E-state index contributed by atoms with van der Waals surface area (Å²) in [5, 5.41) is 3.18. The largest absolute Gasteiger partial charge is 0.433 e. The molecule has 0 atom stereocenters. The van der Waals surface area contributed by atoms with E-state index in [2.05, 4.69) is 51.3 Å². The lowest BCUT2D eigenvalue weighted by atomic mass is 10.0. The first-order valence-electron chi connectivity index (χ1n) is 13.0. The number of nitrogens with zero attached hydrogens (tertiary/aromatic N) is 4. The number of hydrogen-bond acceptors (Lipinski definition) is 5. The lowest BCUT2D eigenvalue weighted by molar-refractivity contribution is -0.141. The van der Waals surface area contributed by atoms with E-state index < -0.39 is 11.9 Å². The molecule has 1 aromatic carbocycles. The van der Waals surface area contributed by atoms with E-state index in [1.165, 1.54) is 17.4 Å². The Hall–Kier alpha value is -2.81. The second-order valence-corrected chi connectivity index (χ2v) is 9.68. The van der Waals surface area contributed by atoms with Gasteiger partial charge in [0.15, 0.2) is 0 Å². The van der Waals surface area contributed by atoms with E-state index in [9.17, 15) is 18.0 Å². The van der Waals surface area contributed by atoms with Crippen LogP contribution in [0, 0.1) is 0 Å². The molecule has 0 saturated carbocycles. The Labute approximate surface area is 211 Å². The number of carbonyl (C=O) groups is 1. The highest BCUT2D eigenvalue weighted by atomic mass is 19.4. The Morgan fingerprint density at radius 3 is 2.47 bits per heavy atom. The SMILES string of the molecule is CCc1ccc(N2CCCN(CCC(=O)N3CCC(Nc4ccnc(C(F)(F)F)c4)CC3)CC2)cc1. The van der Waals surface area contributed by atoms with Crippen molar-refractivity contribution in [3.05, 3.63) is 53.9 Å². The number of alkyl halides is 3. The zero-order valence-corrected chi connectivity index (χ0v) is 20.9. The van der Waals surface area contributed by atoms with Gasteiger partial charge in [0.25, 0.3) is 0 Å². The molecule has 1 N–H and O–H groups in total. The summed E-state index contributed by atoms with van der Waals surface area (Å²) in [6.07, 6.45) is 0.765. The van der Waals surface area contributed by atoms with Gasteiger partial charge in [0.05, 0.1) is 0 Å². The molecule has 2 aromatic rings. The smallest absolute Gasteiger partial charge is 0.382 e. The summed E-state index contributed by atoms with van der Waals surface area (Å²) in [5.74, 6) is 0.160. The van der Waals surface area contributed by atoms with E-state index in [0.717, 1.165) is 51.6 Å². The molecule has 0 unspecified atom stereocenters. The first-order chi connectivity index (χ1) is 17.3. The van der Waals surface area contributed by atoms with Gasteiger partial charge in [-0.2, -0.15) is 13.2 Å². The maximum atomic E-state index is 12.9. The molecule has 0 spiro atoms. The zero-order valence-electron chi connectivity index (χ0n) is 20.9. The number of pyridine rings is 1. The van der Waals surface area contributed by atoms with E-state index >= 15 is 0 Å². The standard InChI is InChI=1S/C27H36F3N5O/c1-2-21-4-6-24(7-5-21)34-14-3-13-33(18-19-34)15-11-26(36)35-16-9-22(10-17-35)32-23-8-12-31-25(20-23)27(28,29)30/h4-8,12,20,22H,2-3,9-11,13-19H2,1H3,(H,31,32). The third kappa shape index (κ3) is 7.12. The molecule has 0 aliphatic carbocycles. The number of carbonyl (C=O) groups excluding carboxylic acids is 1. The Morgan fingerprint density at radius 2 is 1.78 bits per heavy atom. The topological polar surface area (TPSA) is 51.7 Å². The van der Waals surface area contributed by atoms with E-state index in [1.54, 1.807) is 6.07 Å². The Kier molecular flexibility index (Phi) is 8.72. The molecule has 2 aliphatic heterocycles. The number of rotatable bonds is 7. The van der Waals surface area contributed by atoms with Gasteiger partial charge in [-0.05, 0) is 62.1 Å². The highest BCUT2D eigenvalue weighted by Crippen LogP contribution is 2.29. The lowest BCUT2D eigenvalue weighted by Crippen LogP contribution is -2.43. The summed E-state index contributed by atoms with van der Waals surface area (Å²) in [7, 11) is 0. The monoisotopic (exact) mass is 503 g/mol. The van der Waals surface area contributed by atoms with Crippen molar-refractivity contribution in [1.29, 1.82) is 0 Å². The van der Waals surface area contributed by atoms with Crippen LogP contribution in [0.2, 0.25) is 0 Å². The quantitative estimate of drug-likeness (QED) is 0.595. The van der Waals surface area contributed by atoms with Gasteiger partial charge in [0.1, 0.15) is 5.69 Å². The summed E-state index contributed by atoms with van der Waals surface area (Å²) in [6, 6.07) is 11.5. The number of anilines is 2. The van der Waals surface area contributed by atoms with Gasteiger partial charge in [-0.15, -0.1) is 0 Å². The van der Waals surface area contributed by atoms with Crippen molar-refractivity contribution >= 4 is 17.3 Å². The molecule has 0 bridgehead atoms. The summed E-state index contributed by atoms with van der Waals surface area (Å²) in [4.78, 5) is 22.9. The van der Waals surface area contributed by atoms with Gasteiger partial charge in [-0.25, -0.2) is 0 Å². The fraction of sp³-hybridized carbons (Fsp3) is 0.556. The van der Waals surface area contributed by atoms with E-state index in [1.807, 2.05) is 4.90 Å². The van der Waals surface area contributed by atoms with Gasteiger partial charge >= 0.3 is 6.18 Å². The lowest BCUT2D eigenvalue weighted by Gasteiger charge is -2.33. The van der Waals surface area contributed by atoms with Crippen molar-refractivity contribution < 1.29 is 18.0 Å². The molecule has 2 aliphatic rings. The van der Waals surface area contributed by atoms with Crippen LogP contribution in [0.3, 0.4) is 0 Å². The van der Waals surface area contributed by atoms with Gasteiger partial charge in [0.2, 0.25) is 5.91 Å². The molecular formula is C27H36F3N5O. The maximum absolute atomic E-state index is 12.9. The van der Waals surface area contributed by atoms with Crippen molar-refractivity contribution in [3.8, 4) is 0 Å². The fourth-order valence-electron chi connectivity index (χ4n) is 4.99. The van der Waals surface area contributed by atoms with Crippen LogP contribution < -0.4 is 10.2 Å². The van der Waals surface area contributed by atoms with E-state index in [-0.39, 0.29) is 11.9 Å². The minimum atomic E-state index is -4.46. The number of hydrogen-bond donors (Lipinski definition) is 1. The minimum absolute atomic E-state index is 0.0421. The first-order valence-corrected chi connectivity index (χ1v) is 13.0. The molecule has 3 heterocycles. The van der Waals surface area contributed by atoms with Crippen molar-refractivity contribution in [2.45, 2.75) is 51.2 Å². The molecule has 6 nitrogen and oxygen atoms in total. The van der Waals surface area contributed by atoms with Crippen LogP contribution >= 0.6 is 0 Å².